The Morgan fingerprint density at radius 1 is 1.09 bits per heavy atom. The molecule has 0 atom stereocenters. The largest absolute Gasteiger partial charge is 0.457 e. The number of carbonyl (C=O) groups excluding carboxylic acids is 4. The van der Waals surface area contributed by atoms with Crippen molar-refractivity contribution < 1.29 is 23.6 Å². The molecule has 2 fully saturated rings. The highest BCUT2D eigenvalue weighted by Crippen LogP contribution is 2.33. The number of ketones is 1. The van der Waals surface area contributed by atoms with Crippen LogP contribution in [-0.2, 0) is 9.59 Å². The Morgan fingerprint density at radius 3 is 2.44 bits per heavy atom. The van der Waals surface area contributed by atoms with E-state index in [0.717, 1.165) is 35.1 Å². The third kappa shape index (κ3) is 4.70. The Kier molecular flexibility index (Phi) is 6.32. The molecular weight excluding hydrogens is 428 g/mol. The van der Waals surface area contributed by atoms with Crippen molar-refractivity contribution in [3.63, 3.8) is 0 Å². The molecule has 3 amide bonds. The molecule has 8 heteroatoms. The van der Waals surface area contributed by atoms with E-state index in [1.54, 1.807) is 41.3 Å². The van der Waals surface area contributed by atoms with Crippen LogP contribution in [0.5, 0.6) is 0 Å². The maximum absolute atomic E-state index is 12.7. The number of Topliss-reactive ketones (excluding diaryl/α,β-unsaturated/α-hetero) is 1. The van der Waals surface area contributed by atoms with Gasteiger partial charge in [-0.15, -0.1) is 0 Å². The average Bonchev–Trinajstić information content (AvgIpc) is 3.34. The van der Waals surface area contributed by atoms with Gasteiger partial charge in [-0.1, -0.05) is 31.2 Å². The summed E-state index contributed by atoms with van der Waals surface area (Å²) in [6.07, 6.45) is 3.39. The van der Waals surface area contributed by atoms with Gasteiger partial charge in [-0.2, -0.15) is 0 Å². The Hall–Kier alpha value is -3.13. The average molecular weight is 453 g/mol. The molecule has 0 bridgehead atoms. The molecule has 2 aromatic rings. The third-order valence-electron chi connectivity index (χ3n) is 5.78. The molecule has 2 saturated heterocycles. The van der Waals surface area contributed by atoms with Crippen LogP contribution in [-0.4, -0.2) is 52.3 Å². The number of nitrogens with zero attached hydrogens (tertiary/aromatic N) is 2. The lowest BCUT2D eigenvalue weighted by atomic mass is 9.99. The Morgan fingerprint density at radius 2 is 1.78 bits per heavy atom. The van der Waals surface area contributed by atoms with Crippen molar-refractivity contribution in [1.29, 1.82) is 0 Å². The summed E-state index contributed by atoms with van der Waals surface area (Å²) in [6.45, 7) is 4.75. The van der Waals surface area contributed by atoms with Crippen molar-refractivity contribution in [2.75, 3.05) is 19.6 Å². The number of imide groups is 1. The second-order valence-corrected chi connectivity index (χ2v) is 9.16. The molecule has 166 valence electrons. The lowest BCUT2D eigenvalue weighted by Gasteiger charge is -2.31. The summed E-state index contributed by atoms with van der Waals surface area (Å²) in [7, 11) is 0. The van der Waals surface area contributed by atoms with Gasteiger partial charge in [0.2, 0.25) is 5.91 Å². The fourth-order valence-electron chi connectivity index (χ4n) is 3.71. The highest BCUT2D eigenvalue weighted by atomic mass is 32.2. The van der Waals surface area contributed by atoms with Crippen molar-refractivity contribution in [2.45, 2.75) is 26.7 Å². The standard InChI is InChI=1S/C24H24N2O5S/c1-15-9-11-25(12-10-15)22(28)14-26-23(29)21(32-24(26)30)13-19-7-8-20(31-19)18-5-3-17(4-6-18)16(2)27/h3-8,13,15H,9-12,14H2,1-2H3/b21-13+. The molecule has 1 aromatic heterocycles. The number of likely N-dealkylation sites (tertiary alicyclic amines) is 1. The number of amides is 3. The van der Waals surface area contributed by atoms with Crippen LogP contribution in [0.25, 0.3) is 17.4 Å². The van der Waals surface area contributed by atoms with Gasteiger partial charge in [-0.3, -0.25) is 24.1 Å². The van der Waals surface area contributed by atoms with E-state index in [-0.39, 0.29) is 23.1 Å². The number of thioether (sulfide) groups is 1. The van der Waals surface area contributed by atoms with Gasteiger partial charge in [-0.05, 0) is 49.6 Å². The van der Waals surface area contributed by atoms with Gasteiger partial charge in [0.15, 0.2) is 5.78 Å². The van der Waals surface area contributed by atoms with Crippen molar-refractivity contribution in [2.24, 2.45) is 5.92 Å². The van der Waals surface area contributed by atoms with E-state index < -0.39 is 11.1 Å². The number of rotatable bonds is 5. The fourth-order valence-corrected chi connectivity index (χ4v) is 4.53. The van der Waals surface area contributed by atoms with Crippen LogP contribution >= 0.6 is 11.8 Å². The number of benzene rings is 1. The van der Waals surface area contributed by atoms with Crippen LogP contribution in [0.3, 0.4) is 0 Å². The summed E-state index contributed by atoms with van der Waals surface area (Å²) in [5, 5.41) is -0.452. The van der Waals surface area contributed by atoms with E-state index in [9.17, 15) is 19.2 Å². The second-order valence-electron chi connectivity index (χ2n) is 8.17. The van der Waals surface area contributed by atoms with E-state index in [4.69, 9.17) is 4.42 Å². The highest BCUT2D eigenvalue weighted by molar-refractivity contribution is 8.18. The predicted octanol–water partition coefficient (Wildman–Crippen LogP) is 4.44. The summed E-state index contributed by atoms with van der Waals surface area (Å²) < 4.78 is 5.81. The van der Waals surface area contributed by atoms with Crippen molar-refractivity contribution >= 4 is 40.7 Å². The van der Waals surface area contributed by atoms with E-state index in [1.807, 2.05) is 0 Å². The number of piperidine rings is 1. The monoisotopic (exact) mass is 452 g/mol. The zero-order valence-electron chi connectivity index (χ0n) is 18.0. The normalized spacial score (nSPS) is 18.6. The molecule has 0 saturated carbocycles. The number of furan rings is 1. The van der Waals surface area contributed by atoms with Crippen LogP contribution in [0.4, 0.5) is 4.79 Å². The minimum absolute atomic E-state index is 0.0132. The Bertz CT molecular complexity index is 1090. The van der Waals surface area contributed by atoms with Crippen LogP contribution in [0, 0.1) is 5.92 Å². The molecule has 0 aliphatic carbocycles. The molecule has 2 aliphatic heterocycles. The smallest absolute Gasteiger partial charge is 0.294 e. The zero-order chi connectivity index (χ0) is 22.8. The van der Waals surface area contributed by atoms with Crippen molar-refractivity contribution in [1.82, 2.24) is 9.80 Å². The van der Waals surface area contributed by atoms with E-state index in [0.29, 0.717) is 36.1 Å². The minimum Gasteiger partial charge on any atom is -0.457 e. The first-order valence-electron chi connectivity index (χ1n) is 10.6. The van der Waals surface area contributed by atoms with E-state index >= 15 is 0 Å². The Labute approximate surface area is 190 Å². The van der Waals surface area contributed by atoms with Crippen LogP contribution in [0.15, 0.2) is 45.7 Å². The molecular formula is C24H24N2O5S. The number of hydrogen-bond acceptors (Lipinski definition) is 6. The summed E-state index contributed by atoms with van der Waals surface area (Å²) >= 11 is 0.806. The van der Waals surface area contributed by atoms with Gasteiger partial charge in [0.1, 0.15) is 18.1 Å². The lowest BCUT2D eigenvalue weighted by Crippen LogP contribution is -2.45. The minimum atomic E-state index is -0.484. The molecule has 4 rings (SSSR count). The predicted molar refractivity (Wildman–Crippen MR) is 122 cm³/mol. The topological polar surface area (TPSA) is 87.9 Å². The fraction of sp³-hybridized carbons (Fsp3) is 0.333. The molecule has 0 spiro atoms. The van der Waals surface area contributed by atoms with E-state index in [2.05, 4.69) is 6.92 Å². The SMILES string of the molecule is CC(=O)c1ccc(-c2ccc(/C=C3/SC(=O)N(CC(=O)N4CCC(C)CC4)C3=O)o2)cc1. The van der Waals surface area contributed by atoms with E-state index in [1.165, 1.54) is 13.0 Å². The van der Waals surface area contributed by atoms with Gasteiger partial charge in [0.05, 0.1) is 4.91 Å². The maximum atomic E-state index is 12.7. The summed E-state index contributed by atoms with van der Waals surface area (Å²) in [6, 6.07) is 10.5. The van der Waals surface area contributed by atoms with Crippen LogP contribution in [0.2, 0.25) is 0 Å². The van der Waals surface area contributed by atoms with Gasteiger partial charge in [0.25, 0.3) is 11.1 Å². The molecule has 32 heavy (non-hydrogen) atoms. The first-order valence-corrected chi connectivity index (χ1v) is 11.4. The molecule has 7 nitrogen and oxygen atoms in total. The van der Waals surface area contributed by atoms with Crippen LogP contribution < -0.4 is 0 Å². The van der Waals surface area contributed by atoms with Crippen LogP contribution in [0.1, 0.15) is 42.8 Å². The Balaban J connectivity index is 1.44. The first kappa shape index (κ1) is 22.1. The van der Waals surface area contributed by atoms with Gasteiger partial charge >= 0.3 is 0 Å². The highest BCUT2D eigenvalue weighted by Gasteiger charge is 2.37. The first-order chi connectivity index (χ1) is 15.3. The lowest BCUT2D eigenvalue weighted by molar-refractivity contribution is -0.136. The summed E-state index contributed by atoms with van der Waals surface area (Å²) in [5.41, 5.74) is 1.41. The molecule has 0 unspecified atom stereocenters. The maximum Gasteiger partial charge on any atom is 0.294 e. The molecule has 3 heterocycles. The molecule has 0 radical (unpaired) electrons. The second kappa shape index (κ2) is 9.16. The van der Waals surface area contributed by atoms with Crippen molar-refractivity contribution in [3.8, 4) is 11.3 Å². The van der Waals surface area contributed by atoms with Crippen molar-refractivity contribution in [3.05, 3.63) is 52.6 Å². The van der Waals surface area contributed by atoms with Gasteiger partial charge in [-0.25, -0.2) is 0 Å². The molecule has 1 aromatic carbocycles. The molecule has 0 N–H and O–H groups in total. The quantitative estimate of drug-likeness (QED) is 0.492. The van der Waals surface area contributed by atoms with Gasteiger partial charge < -0.3 is 9.32 Å². The molecule has 2 aliphatic rings. The number of carbonyl (C=O) groups is 4. The third-order valence-corrected chi connectivity index (χ3v) is 6.69. The number of hydrogen-bond donors (Lipinski definition) is 0. The summed E-state index contributed by atoms with van der Waals surface area (Å²) in [5.74, 6) is 0.903. The zero-order valence-corrected chi connectivity index (χ0v) is 18.8. The van der Waals surface area contributed by atoms with Gasteiger partial charge in [0, 0.05) is 30.3 Å². The summed E-state index contributed by atoms with van der Waals surface area (Å²) in [4.78, 5) is 52.0.